The number of amides is 1. The smallest absolute Gasteiger partial charge is 0.305 e. The van der Waals surface area contributed by atoms with E-state index in [9.17, 15) is 9.59 Å². The fourth-order valence-electron chi connectivity index (χ4n) is 2.12. The summed E-state index contributed by atoms with van der Waals surface area (Å²) in [5.74, 6) is 0.516. The molecular weight excluding hydrogens is 278 g/mol. The van der Waals surface area contributed by atoms with Gasteiger partial charge in [-0.2, -0.15) is 16.9 Å². The average molecular weight is 295 g/mol. The molecule has 1 amide bonds. The highest BCUT2D eigenvalue weighted by Gasteiger charge is 2.27. The molecule has 6 nitrogen and oxygen atoms in total. The molecule has 2 rings (SSSR count). The number of carbonyl (C=O) groups excluding carboxylic acids is 1. The van der Waals surface area contributed by atoms with Crippen molar-refractivity contribution in [3.63, 3.8) is 0 Å². The van der Waals surface area contributed by atoms with Crippen molar-refractivity contribution in [2.75, 3.05) is 18.1 Å². The summed E-state index contributed by atoms with van der Waals surface area (Å²) >= 11 is 1.69. The molecule has 1 unspecified atom stereocenters. The van der Waals surface area contributed by atoms with E-state index in [2.05, 4.69) is 5.10 Å². The lowest BCUT2D eigenvalue weighted by molar-refractivity contribution is -0.139. The van der Waals surface area contributed by atoms with Gasteiger partial charge in [-0.05, 0) is 12.1 Å². The molecule has 7 heteroatoms. The summed E-state index contributed by atoms with van der Waals surface area (Å²) in [6.45, 7) is 0.594. The Balaban J connectivity index is 2.04. The van der Waals surface area contributed by atoms with Crippen molar-refractivity contribution in [1.29, 1.82) is 0 Å². The van der Waals surface area contributed by atoms with E-state index in [-0.39, 0.29) is 18.4 Å². The molecule has 0 bridgehead atoms. The van der Waals surface area contributed by atoms with Gasteiger partial charge in [0.25, 0.3) is 0 Å². The fourth-order valence-corrected chi connectivity index (χ4v) is 3.18. The number of thioether (sulfide) groups is 1. The number of carboxylic acid groups (broad SMARTS) is 1. The summed E-state index contributed by atoms with van der Waals surface area (Å²) in [5, 5.41) is 12.9. The molecule has 1 fully saturated rings. The molecule has 1 atom stereocenters. The van der Waals surface area contributed by atoms with Crippen molar-refractivity contribution in [2.24, 2.45) is 7.05 Å². The topological polar surface area (TPSA) is 75.4 Å². The van der Waals surface area contributed by atoms with Gasteiger partial charge in [0, 0.05) is 37.4 Å². The molecule has 1 aliphatic heterocycles. The van der Waals surface area contributed by atoms with Gasteiger partial charge in [0.1, 0.15) is 0 Å². The number of aliphatic carboxylic acids is 1. The van der Waals surface area contributed by atoms with Crippen molar-refractivity contribution in [3.05, 3.63) is 24.0 Å². The highest BCUT2D eigenvalue weighted by atomic mass is 32.2. The van der Waals surface area contributed by atoms with Crippen LogP contribution in [0.5, 0.6) is 0 Å². The van der Waals surface area contributed by atoms with Crippen LogP contribution in [-0.2, 0) is 16.6 Å². The molecule has 1 saturated heterocycles. The number of aromatic nitrogens is 2. The van der Waals surface area contributed by atoms with Gasteiger partial charge in [0.15, 0.2) is 0 Å². The predicted molar refractivity (Wildman–Crippen MR) is 77.3 cm³/mol. The first-order valence-electron chi connectivity index (χ1n) is 6.34. The third kappa shape index (κ3) is 3.63. The van der Waals surface area contributed by atoms with Gasteiger partial charge in [-0.3, -0.25) is 14.3 Å². The Kier molecular flexibility index (Phi) is 4.84. The molecule has 1 aromatic heterocycles. The van der Waals surface area contributed by atoms with Crippen LogP contribution in [0.1, 0.15) is 12.1 Å². The van der Waals surface area contributed by atoms with Gasteiger partial charge in [-0.1, -0.05) is 0 Å². The summed E-state index contributed by atoms with van der Waals surface area (Å²) in [4.78, 5) is 24.7. The van der Waals surface area contributed by atoms with Crippen molar-refractivity contribution in [1.82, 2.24) is 14.7 Å². The van der Waals surface area contributed by atoms with E-state index in [1.165, 1.54) is 6.08 Å². The van der Waals surface area contributed by atoms with E-state index in [4.69, 9.17) is 5.11 Å². The van der Waals surface area contributed by atoms with Crippen LogP contribution in [0.3, 0.4) is 0 Å². The van der Waals surface area contributed by atoms with Crippen LogP contribution in [0.4, 0.5) is 0 Å². The maximum Gasteiger partial charge on any atom is 0.305 e. The number of hydrogen-bond acceptors (Lipinski definition) is 4. The molecule has 1 aliphatic rings. The van der Waals surface area contributed by atoms with Crippen molar-refractivity contribution in [2.45, 2.75) is 12.5 Å². The average Bonchev–Trinajstić information content (AvgIpc) is 2.81. The monoisotopic (exact) mass is 295 g/mol. The summed E-state index contributed by atoms with van der Waals surface area (Å²) in [6.07, 6.45) is 4.85. The Labute approximate surface area is 121 Å². The molecule has 0 saturated carbocycles. The van der Waals surface area contributed by atoms with Crippen LogP contribution in [0.25, 0.3) is 6.08 Å². The van der Waals surface area contributed by atoms with Crippen molar-refractivity contribution < 1.29 is 14.7 Å². The molecule has 0 spiro atoms. The molecular formula is C13H17N3O3S. The van der Waals surface area contributed by atoms with Crippen LogP contribution in [-0.4, -0.2) is 55.8 Å². The number of aryl methyl sites for hydroxylation is 1. The fraction of sp³-hybridized carbons (Fsp3) is 0.462. The quantitative estimate of drug-likeness (QED) is 0.834. The third-order valence-corrected chi connectivity index (χ3v) is 4.27. The lowest BCUT2D eigenvalue weighted by atomic mass is 10.2. The number of carboxylic acids is 1. The largest absolute Gasteiger partial charge is 0.481 e. The normalized spacial score (nSPS) is 19.4. The molecule has 1 N–H and O–H groups in total. The Hall–Kier alpha value is -1.76. The zero-order valence-corrected chi connectivity index (χ0v) is 12.0. The van der Waals surface area contributed by atoms with Crippen molar-refractivity contribution in [3.8, 4) is 0 Å². The predicted octanol–water partition coefficient (Wildman–Crippen LogP) is 0.852. The first-order valence-corrected chi connectivity index (χ1v) is 7.49. The number of nitrogens with zero attached hydrogens (tertiary/aromatic N) is 3. The third-order valence-electron chi connectivity index (χ3n) is 3.18. The van der Waals surface area contributed by atoms with E-state index < -0.39 is 5.97 Å². The maximum absolute atomic E-state index is 12.2. The lowest BCUT2D eigenvalue weighted by Gasteiger charge is -2.33. The van der Waals surface area contributed by atoms with Gasteiger partial charge in [-0.15, -0.1) is 0 Å². The Morgan fingerprint density at radius 2 is 2.40 bits per heavy atom. The van der Waals surface area contributed by atoms with Gasteiger partial charge < -0.3 is 10.0 Å². The molecule has 0 aromatic carbocycles. The van der Waals surface area contributed by atoms with Crippen LogP contribution < -0.4 is 0 Å². The minimum Gasteiger partial charge on any atom is -0.481 e. The second-order valence-electron chi connectivity index (χ2n) is 4.57. The minimum absolute atomic E-state index is 0.00170. The molecule has 0 aliphatic carbocycles. The van der Waals surface area contributed by atoms with E-state index in [1.807, 2.05) is 6.07 Å². The zero-order valence-electron chi connectivity index (χ0n) is 11.2. The lowest BCUT2D eigenvalue weighted by Crippen LogP contribution is -2.46. The van der Waals surface area contributed by atoms with E-state index >= 15 is 0 Å². The van der Waals surface area contributed by atoms with E-state index in [1.54, 1.807) is 40.7 Å². The van der Waals surface area contributed by atoms with Crippen molar-refractivity contribution >= 4 is 29.7 Å². The molecule has 0 radical (unpaired) electrons. The van der Waals surface area contributed by atoms with Crippen LogP contribution in [0, 0.1) is 0 Å². The van der Waals surface area contributed by atoms with Gasteiger partial charge in [0.05, 0.1) is 18.2 Å². The van der Waals surface area contributed by atoms with Crippen LogP contribution in [0.15, 0.2) is 18.3 Å². The van der Waals surface area contributed by atoms with Gasteiger partial charge in [-0.25, -0.2) is 0 Å². The molecule has 20 heavy (non-hydrogen) atoms. The minimum atomic E-state index is -0.870. The maximum atomic E-state index is 12.2. The Bertz CT molecular complexity index is 527. The Morgan fingerprint density at radius 3 is 3.05 bits per heavy atom. The standard InChI is InChI=1S/C13H17N3O3S/c1-15-10(4-5-14-15)2-3-12(17)16-6-7-20-9-11(16)8-13(18)19/h2-5,11H,6-9H2,1H3,(H,18,19). The van der Waals surface area contributed by atoms with Crippen LogP contribution in [0.2, 0.25) is 0 Å². The summed E-state index contributed by atoms with van der Waals surface area (Å²) in [6, 6.07) is 1.58. The van der Waals surface area contributed by atoms with E-state index in [0.717, 1.165) is 11.4 Å². The molecule has 1 aromatic rings. The summed E-state index contributed by atoms with van der Waals surface area (Å²) in [5.41, 5.74) is 0.833. The first-order chi connectivity index (χ1) is 9.58. The number of hydrogen-bond donors (Lipinski definition) is 1. The highest BCUT2D eigenvalue weighted by molar-refractivity contribution is 7.99. The highest BCUT2D eigenvalue weighted by Crippen LogP contribution is 2.19. The summed E-state index contributed by atoms with van der Waals surface area (Å²) in [7, 11) is 1.80. The zero-order chi connectivity index (χ0) is 14.5. The summed E-state index contributed by atoms with van der Waals surface area (Å²) < 4.78 is 1.67. The molecule has 108 valence electrons. The Morgan fingerprint density at radius 1 is 1.60 bits per heavy atom. The SMILES string of the molecule is Cn1nccc1C=CC(=O)N1CCSCC1CC(=O)O. The first kappa shape index (κ1) is 14.6. The van der Waals surface area contributed by atoms with Gasteiger partial charge in [0.2, 0.25) is 5.91 Å². The number of rotatable bonds is 4. The molecule has 2 heterocycles. The second kappa shape index (κ2) is 6.60. The second-order valence-corrected chi connectivity index (χ2v) is 5.72. The number of carbonyl (C=O) groups is 2. The van der Waals surface area contributed by atoms with Gasteiger partial charge >= 0.3 is 5.97 Å². The van der Waals surface area contributed by atoms with E-state index in [0.29, 0.717) is 12.3 Å². The van der Waals surface area contributed by atoms with Crippen LogP contribution >= 0.6 is 11.8 Å².